The van der Waals surface area contributed by atoms with Crippen molar-refractivity contribution in [3.05, 3.63) is 35.9 Å². The van der Waals surface area contributed by atoms with E-state index < -0.39 is 0 Å². The van der Waals surface area contributed by atoms with E-state index in [0.717, 1.165) is 24.9 Å². The normalized spacial score (nSPS) is 14.2. The van der Waals surface area contributed by atoms with Crippen LogP contribution in [0, 0.1) is 0 Å². The highest BCUT2D eigenvalue weighted by Gasteiger charge is 2.31. The minimum absolute atomic E-state index is 0.265. The molecule has 1 amide bonds. The highest BCUT2D eigenvalue weighted by atomic mass is 16.1. The predicted molar refractivity (Wildman–Crippen MR) is 70.5 cm³/mol. The fourth-order valence-corrected chi connectivity index (χ4v) is 2.14. The minimum atomic E-state index is -0.316. The molecule has 94 valence electrons. The molecule has 1 aromatic carbocycles. The second-order valence-electron chi connectivity index (χ2n) is 4.37. The summed E-state index contributed by atoms with van der Waals surface area (Å²) in [5.41, 5.74) is 6.20. The lowest BCUT2D eigenvalue weighted by Gasteiger charge is -2.33. The number of amides is 1. The zero-order chi connectivity index (χ0) is 12.7. The first-order valence-electron chi connectivity index (χ1n) is 6.23. The molecule has 0 heterocycles. The summed E-state index contributed by atoms with van der Waals surface area (Å²) in [4.78, 5) is 11.3. The van der Waals surface area contributed by atoms with Crippen LogP contribution >= 0.6 is 0 Å². The van der Waals surface area contributed by atoms with E-state index in [9.17, 15) is 4.79 Å². The molecule has 0 bridgehead atoms. The molecule has 0 spiro atoms. The standard InChI is InChI=1S/C14H22N2O/c1-3-10-16-14(4-2,11-13(15)17)12-8-6-5-7-9-12/h5-9,16H,3-4,10-11H2,1-2H3,(H2,15,17). The summed E-state index contributed by atoms with van der Waals surface area (Å²) in [7, 11) is 0. The maximum absolute atomic E-state index is 11.3. The number of nitrogens with one attached hydrogen (secondary N) is 1. The van der Waals surface area contributed by atoms with Gasteiger partial charge in [-0.25, -0.2) is 0 Å². The van der Waals surface area contributed by atoms with Gasteiger partial charge in [0, 0.05) is 6.42 Å². The van der Waals surface area contributed by atoms with Crippen molar-refractivity contribution in [1.29, 1.82) is 0 Å². The van der Waals surface area contributed by atoms with Crippen LogP contribution in [-0.4, -0.2) is 12.5 Å². The smallest absolute Gasteiger partial charge is 0.219 e. The molecule has 0 aliphatic rings. The second kappa shape index (κ2) is 6.40. The Morgan fingerprint density at radius 3 is 2.41 bits per heavy atom. The van der Waals surface area contributed by atoms with E-state index in [1.807, 2.05) is 18.2 Å². The van der Waals surface area contributed by atoms with Gasteiger partial charge in [0.15, 0.2) is 0 Å². The maximum atomic E-state index is 11.3. The van der Waals surface area contributed by atoms with Crippen molar-refractivity contribution < 1.29 is 4.79 Å². The van der Waals surface area contributed by atoms with Gasteiger partial charge in [-0.05, 0) is 24.9 Å². The molecule has 0 saturated heterocycles. The molecule has 0 aliphatic heterocycles. The molecule has 1 unspecified atom stereocenters. The van der Waals surface area contributed by atoms with Gasteiger partial charge in [0.25, 0.3) is 0 Å². The zero-order valence-electron chi connectivity index (χ0n) is 10.7. The molecule has 17 heavy (non-hydrogen) atoms. The van der Waals surface area contributed by atoms with Crippen LogP contribution in [0.1, 0.15) is 38.7 Å². The third-order valence-electron chi connectivity index (χ3n) is 3.12. The number of carbonyl (C=O) groups is 1. The summed E-state index contributed by atoms with van der Waals surface area (Å²) < 4.78 is 0. The molecule has 3 nitrogen and oxygen atoms in total. The molecule has 3 N–H and O–H groups in total. The molecule has 0 fully saturated rings. The molecule has 0 radical (unpaired) electrons. The monoisotopic (exact) mass is 234 g/mol. The first kappa shape index (κ1) is 13.7. The summed E-state index contributed by atoms with van der Waals surface area (Å²) in [6.07, 6.45) is 2.22. The molecule has 0 saturated carbocycles. The van der Waals surface area contributed by atoms with Gasteiger partial charge < -0.3 is 11.1 Å². The van der Waals surface area contributed by atoms with E-state index in [1.54, 1.807) is 0 Å². The predicted octanol–water partition coefficient (Wildman–Crippen LogP) is 2.17. The summed E-state index contributed by atoms with van der Waals surface area (Å²) in [6, 6.07) is 10.1. The average Bonchev–Trinajstić information content (AvgIpc) is 2.35. The van der Waals surface area contributed by atoms with E-state index in [1.165, 1.54) is 0 Å². The number of primary amides is 1. The van der Waals surface area contributed by atoms with E-state index in [2.05, 4.69) is 31.3 Å². The Kier molecular flexibility index (Phi) is 5.16. The Hall–Kier alpha value is -1.35. The number of carbonyl (C=O) groups excluding carboxylic acids is 1. The molecule has 1 rings (SSSR count). The van der Waals surface area contributed by atoms with Gasteiger partial charge in [-0.15, -0.1) is 0 Å². The van der Waals surface area contributed by atoms with Crippen molar-refractivity contribution in [3.63, 3.8) is 0 Å². The number of benzene rings is 1. The van der Waals surface area contributed by atoms with Crippen molar-refractivity contribution in [2.45, 2.75) is 38.6 Å². The molecule has 1 aromatic rings. The maximum Gasteiger partial charge on any atom is 0.219 e. The molecular formula is C14H22N2O. The van der Waals surface area contributed by atoms with Crippen molar-refractivity contribution in [2.24, 2.45) is 5.73 Å². The van der Waals surface area contributed by atoms with Gasteiger partial charge in [0.05, 0.1) is 5.54 Å². The molecule has 3 heteroatoms. The lowest BCUT2D eigenvalue weighted by atomic mass is 9.83. The molecule has 0 aromatic heterocycles. The van der Waals surface area contributed by atoms with Crippen LogP contribution < -0.4 is 11.1 Å². The zero-order valence-corrected chi connectivity index (χ0v) is 10.7. The lowest BCUT2D eigenvalue weighted by Crippen LogP contribution is -2.45. The van der Waals surface area contributed by atoms with Crippen molar-refractivity contribution in [3.8, 4) is 0 Å². The van der Waals surface area contributed by atoms with Crippen molar-refractivity contribution in [1.82, 2.24) is 5.32 Å². The van der Waals surface area contributed by atoms with Crippen LogP contribution in [0.5, 0.6) is 0 Å². The van der Waals surface area contributed by atoms with E-state index in [4.69, 9.17) is 5.73 Å². The van der Waals surface area contributed by atoms with E-state index >= 15 is 0 Å². The topological polar surface area (TPSA) is 55.1 Å². The Labute approximate surface area is 103 Å². The highest BCUT2D eigenvalue weighted by molar-refractivity contribution is 5.75. The van der Waals surface area contributed by atoms with Gasteiger partial charge in [0.1, 0.15) is 0 Å². The van der Waals surface area contributed by atoms with E-state index in [-0.39, 0.29) is 11.4 Å². The first-order chi connectivity index (χ1) is 8.14. The third-order valence-corrected chi connectivity index (χ3v) is 3.12. The summed E-state index contributed by atoms with van der Waals surface area (Å²) >= 11 is 0. The summed E-state index contributed by atoms with van der Waals surface area (Å²) in [5.74, 6) is -0.265. The Morgan fingerprint density at radius 1 is 1.29 bits per heavy atom. The Balaban J connectivity index is 3.01. The quantitative estimate of drug-likeness (QED) is 0.759. The Morgan fingerprint density at radius 2 is 1.94 bits per heavy atom. The fourth-order valence-electron chi connectivity index (χ4n) is 2.14. The van der Waals surface area contributed by atoms with Crippen molar-refractivity contribution >= 4 is 5.91 Å². The molecular weight excluding hydrogens is 212 g/mol. The third kappa shape index (κ3) is 3.56. The Bertz CT molecular complexity index is 350. The highest BCUT2D eigenvalue weighted by Crippen LogP contribution is 2.28. The van der Waals surface area contributed by atoms with Gasteiger partial charge in [-0.1, -0.05) is 44.2 Å². The first-order valence-corrected chi connectivity index (χ1v) is 6.23. The number of hydrogen-bond acceptors (Lipinski definition) is 2. The number of hydrogen-bond donors (Lipinski definition) is 2. The van der Waals surface area contributed by atoms with E-state index in [0.29, 0.717) is 6.42 Å². The van der Waals surface area contributed by atoms with Gasteiger partial charge in [-0.3, -0.25) is 4.79 Å². The lowest BCUT2D eigenvalue weighted by molar-refractivity contribution is -0.119. The average molecular weight is 234 g/mol. The molecule has 1 atom stereocenters. The SMILES string of the molecule is CCCNC(CC)(CC(N)=O)c1ccccc1. The number of rotatable bonds is 7. The second-order valence-corrected chi connectivity index (χ2v) is 4.37. The van der Waals surface area contributed by atoms with Gasteiger partial charge >= 0.3 is 0 Å². The minimum Gasteiger partial charge on any atom is -0.370 e. The van der Waals surface area contributed by atoms with Gasteiger partial charge in [0.2, 0.25) is 5.91 Å². The number of nitrogens with two attached hydrogens (primary N) is 1. The van der Waals surface area contributed by atoms with Crippen LogP contribution in [0.25, 0.3) is 0 Å². The largest absolute Gasteiger partial charge is 0.370 e. The summed E-state index contributed by atoms with van der Waals surface area (Å²) in [6.45, 7) is 5.08. The van der Waals surface area contributed by atoms with Crippen LogP contribution in [0.15, 0.2) is 30.3 Å². The molecule has 0 aliphatic carbocycles. The van der Waals surface area contributed by atoms with Crippen LogP contribution in [0.4, 0.5) is 0 Å². The van der Waals surface area contributed by atoms with Crippen LogP contribution in [0.2, 0.25) is 0 Å². The van der Waals surface area contributed by atoms with Gasteiger partial charge in [-0.2, -0.15) is 0 Å². The summed E-state index contributed by atoms with van der Waals surface area (Å²) in [5, 5.41) is 3.48. The fraction of sp³-hybridized carbons (Fsp3) is 0.500. The van der Waals surface area contributed by atoms with Crippen molar-refractivity contribution in [2.75, 3.05) is 6.54 Å². The van der Waals surface area contributed by atoms with Crippen LogP contribution in [0.3, 0.4) is 0 Å². The van der Waals surface area contributed by atoms with Crippen LogP contribution in [-0.2, 0) is 10.3 Å².